The van der Waals surface area contributed by atoms with Crippen LogP contribution in [0.15, 0.2) is 78.1 Å². The van der Waals surface area contributed by atoms with Crippen LogP contribution in [0.1, 0.15) is 71.6 Å². The van der Waals surface area contributed by atoms with Gasteiger partial charge in [0.25, 0.3) is 0 Å². The number of anilines is 4. The van der Waals surface area contributed by atoms with Gasteiger partial charge in [0, 0.05) is 96.0 Å². The van der Waals surface area contributed by atoms with Gasteiger partial charge in [-0.1, -0.05) is 33.1 Å². The molecular weight excluding hydrogens is 868 g/mol. The summed E-state index contributed by atoms with van der Waals surface area (Å²) in [6.07, 6.45) is 19.2. The molecule has 2 saturated heterocycles. The lowest BCUT2D eigenvalue weighted by molar-refractivity contribution is 0.230. The Balaban J connectivity index is 0.000000273. The zero-order valence-corrected chi connectivity index (χ0v) is 37.0. The molecule has 0 spiro atoms. The van der Waals surface area contributed by atoms with Gasteiger partial charge in [-0.25, -0.2) is 15.0 Å². The number of nitrogen functional groups attached to an aromatic ring is 4. The molecule has 4 aliphatic rings. The monoisotopic (exact) mass is 934 g/mol. The molecule has 63 heavy (non-hydrogen) atoms. The van der Waals surface area contributed by atoms with Gasteiger partial charge in [-0.3, -0.25) is 4.79 Å². The molecular formula is C45H67BrN12O5. The average Bonchev–Trinajstić information content (AvgIpc) is 4.13. The number of ether oxygens (including phenoxy) is 3. The molecule has 2 unspecified atom stereocenters. The van der Waals surface area contributed by atoms with Crippen LogP contribution in [-0.2, 0) is 0 Å². The molecule has 344 valence electrons. The van der Waals surface area contributed by atoms with Gasteiger partial charge in [0.1, 0.15) is 45.5 Å². The van der Waals surface area contributed by atoms with Crippen molar-refractivity contribution in [3.8, 4) is 22.2 Å². The van der Waals surface area contributed by atoms with Crippen molar-refractivity contribution < 1.29 is 19.3 Å². The average molecular weight is 936 g/mol. The zero-order valence-electron chi connectivity index (χ0n) is 35.4. The Bertz CT molecular complexity index is 1900. The third-order valence-electron chi connectivity index (χ3n) is 10.3. The van der Waals surface area contributed by atoms with E-state index in [-0.39, 0.29) is 12.9 Å². The third-order valence-corrected chi connectivity index (χ3v) is 10.3. The van der Waals surface area contributed by atoms with E-state index in [1.54, 1.807) is 52.8 Å². The summed E-state index contributed by atoms with van der Waals surface area (Å²) in [6, 6.07) is 13.5. The van der Waals surface area contributed by atoms with Gasteiger partial charge in [-0.15, -0.1) is 5.01 Å². The van der Waals surface area contributed by atoms with E-state index >= 15 is 0 Å². The first-order valence-electron chi connectivity index (χ1n) is 21.0. The highest BCUT2D eigenvalue weighted by Gasteiger charge is 2.25. The molecule has 0 amide bonds. The maximum atomic E-state index is 10.4. The first kappa shape index (κ1) is 53.3. The number of pyridine rings is 4. The Kier molecular flexibility index (Phi) is 27.0. The number of halogens is 1. The van der Waals surface area contributed by atoms with Crippen molar-refractivity contribution in [1.82, 2.24) is 30.3 Å². The van der Waals surface area contributed by atoms with E-state index in [1.165, 1.54) is 76.1 Å². The molecule has 6 heterocycles. The fraction of sp³-hybridized carbons (Fsp3) is 0.511. The van der Waals surface area contributed by atoms with Crippen molar-refractivity contribution in [1.29, 1.82) is 5.26 Å². The Hall–Kier alpha value is -5.82. The zero-order chi connectivity index (χ0) is 44.8. The number of rotatable bonds is 10. The normalized spacial score (nSPS) is 17.3. The van der Waals surface area contributed by atoms with Crippen molar-refractivity contribution in [3.05, 3.63) is 95.1 Å². The number of nitrogens with two attached hydrogens (primary N) is 4. The molecule has 4 aromatic rings. The summed E-state index contributed by atoms with van der Waals surface area (Å²) in [6.45, 7) is 13.3. The summed E-state index contributed by atoms with van der Waals surface area (Å²) >= 11 is 2.45. The highest BCUT2D eigenvalue weighted by molar-refractivity contribution is 9.12. The van der Waals surface area contributed by atoms with Gasteiger partial charge in [0.15, 0.2) is 5.43 Å². The third kappa shape index (κ3) is 23.8. The Morgan fingerprint density at radius 3 is 1.60 bits per heavy atom. The summed E-state index contributed by atoms with van der Waals surface area (Å²) in [5, 5.41) is 20.9. The van der Waals surface area contributed by atoms with E-state index in [9.17, 15) is 4.79 Å². The van der Waals surface area contributed by atoms with E-state index in [4.69, 9.17) is 54.1 Å². The van der Waals surface area contributed by atoms with E-state index in [0.29, 0.717) is 54.2 Å². The summed E-state index contributed by atoms with van der Waals surface area (Å²) in [5.41, 5.74) is 21.8. The van der Waals surface area contributed by atoms with Gasteiger partial charge >= 0.3 is 0 Å². The summed E-state index contributed by atoms with van der Waals surface area (Å²) < 4.78 is 16.9. The molecule has 17 nitrogen and oxygen atoms in total. The molecule has 2 aliphatic heterocycles. The second-order valence-electron chi connectivity index (χ2n) is 15.3. The van der Waals surface area contributed by atoms with Crippen LogP contribution in [0.4, 0.5) is 23.3 Å². The SMILES string of the molecule is C.N#CBr.Nc1cc(=O)cc[nH]1.Nc1cc(OCC2CCCC2)ccn1.Nc1cc(OCC2CCNC2)ccn1.OCC1CCCC1.[C-]#[N+]N1CCC(COc2ccnc(N)c2)C1. The number of hydrogen-bond donors (Lipinski definition) is 7. The van der Waals surface area contributed by atoms with Crippen LogP contribution in [0.2, 0.25) is 0 Å². The fourth-order valence-electron chi connectivity index (χ4n) is 6.92. The predicted octanol–water partition coefficient (Wildman–Crippen LogP) is 6.71. The second-order valence-corrected chi connectivity index (χ2v) is 15.6. The number of H-pyrrole nitrogens is 1. The smallest absolute Gasteiger partial charge is 0.183 e. The number of nitrogens with zero attached hydrogens (tertiary/aromatic N) is 6. The first-order valence-corrected chi connectivity index (χ1v) is 21.8. The largest absolute Gasteiger partial charge is 0.493 e. The molecule has 2 atom stereocenters. The van der Waals surface area contributed by atoms with Crippen LogP contribution >= 0.6 is 15.9 Å². The lowest BCUT2D eigenvalue weighted by Gasteiger charge is -2.11. The van der Waals surface area contributed by atoms with Crippen molar-refractivity contribution >= 4 is 39.2 Å². The molecule has 2 saturated carbocycles. The number of nitrogens with one attached hydrogen (secondary N) is 2. The molecule has 8 rings (SSSR count). The van der Waals surface area contributed by atoms with Gasteiger partial charge in [0.05, 0.1) is 32.9 Å². The van der Waals surface area contributed by atoms with Gasteiger partial charge in [-0.05, 0) is 75.1 Å². The van der Waals surface area contributed by atoms with E-state index < -0.39 is 0 Å². The molecule has 4 fully saturated rings. The van der Waals surface area contributed by atoms with Crippen molar-refractivity contribution in [2.45, 2.75) is 71.6 Å². The van der Waals surface area contributed by atoms with Crippen LogP contribution in [0.3, 0.4) is 0 Å². The molecule has 0 bridgehead atoms. The minimum absolute atomic E-state index is 0. The topological polar surface area (TPSA) is 267 Å². The Morgan fingerprint density at radius 2 is 1.24 bits per heavy atom. The molecule has 4 aromatic heterocycles. The summed E-state index contributed by atoms with van der Waals surface area (Å²) in [4.78, 5) is 29.7. The predicted molar refractivity (Wildman–Crippen MR) is 253 cm³/mol. The molecule has 0 aromatic carbocycles. The number of nitriles is 1. The lowest BCUT2D eigenvalue weighted by Crippen LogP contribution is -2.16. The van der Waals surface area contributed by atoms with Crippen LogP contribution in [0.25, 0.3) is 4.95 Å². The number of hydrogen-bond acceptors (Lipinski definition) is 15. The number of aromatic nitrogens is 4. The number of aromatic amines is 1. The highest BCUT2D eigenvalue weighted by atomic mass is 79.9. The van der Waals surface area contributed by atoms with Crippen LogP contribution in [0, 0.1) is 40.5 Å². The van der Waals surface area contributed by atoms with Gasteiger partial charge < -0.3 is 52.6 Å². The summed E-state index contributed by atoms with van der Waals surface area (Å²) in [7, 11) is 0. The summed E-state index contributed by atoms with van der Waals surface area (Å²) in [5.74, 6) is 6.74. The van der Waals surface area contributed by atoms with Gasteiger partial charge in [-0.2, -0.15) is 16.8 Å². The van der Waals surface area contributed by atoms with Crippen molar-refractivity contribution in [2.24, 2.45) is 23.7 Å². The maximum Gasteiger partial charge on any atom is 0.183 e. The quantitative estimate of drug-likeness (QED) is 0.0815. The van der Waals surface area contributed by atoms with E-state index in [0.717, 1.165) is 69.0 Å². The first-order chi connectivity index (χ1) is 30.1. The minimum Gasteiger partial charge on any atom is -0.493 e. The molecule has 18 heteroatoms. The number of aliphatic hydroxyl groups is 1. The van der Waals surface area contributed by atoms with Crippen LogP contribution < -0.4 is 47.9 Å². The van der Waals surface area contributed by atoms with E-state index in [2.05, 4.69) is 46.1 Å². The Morgan fingerprint density at radius 1 is 0.762 bits per heavy atom. The standard InChI is InChI=1S/C11H14N4O.C11H16N2O.C10H15N3O.C6H12O.C5H6N2O.CBrN.CH4/c1-13-15-5-3-9(7-15)8-16-10-2-4-14-11(12)6-10;12-11-7-10(5-6-13-11)14-8-9-3-1-2-4-9;11-10-5-9(2-4-13-10)14-7-8-1-3-12-6-8;7-5-6-3-1-2-4-6;6-5-3-4(8)1-2-7-5;2-1-3;/h2,4,6,9H,3,5,7-8H2,(H2,12,14);5-7,9H,1-4,8H2,(H2,12,13);2,4-5,8,12H,1,3,6-7H2,(H2,11,13);6-7H,1-5H2;1-3H,(H3,6,7,8);;1H4. The van der Waals surface area contributed by atoms with Crippen LogP contribution in [0.5, 0.6) is 17.2 Å². The molecule has 2 aliphatic carbocycles. The molecule has 0 radical (unpaired) electrons. The molecule has 11 N–H and O–H groups in total. The fourth-order valence-corrected chi connectivity index (χ4v) is 6.92. The lowest BCUT2D eigenvalue weighted by atomic mass is 10.1. The Labute approximate surface area is 380 Å². The van der Waals surface area contributed by atoms with Crippen molar-refractivity contribution in [2.75, 3.05) is 75.5 Å². The second kappa shape index (κ2) is 31.9. The number of aliphatic hydroxyl groups excluding tert-OH is 1. The highest BCUT2D eigenvalue weighted by Crippen LogP contribution is 2.26. The minimum atomic E-state index is -0.0683. The van der Waals surface area contributed by atoms with Crippen LogP contribution in [-0.4, -0.2) is 82.7 Å². The van der Waals surface area contributed by atoms with Crippen molar-refractivity contribution in [3.63, 3.8) is 0 Å². The van der Waals surface area contributed by atoms with E-state index in [1.807, 2.05) is 12.1 Å². The maximum absolute atomic E-state index is 10.4. The van der Waals surface area contributed by atoms with Gasteiger partial charge in [0.2, 0.25) is 0 Å².